The molecule has 0 saturated carbocycles. The predicted molar refractivity (Wildman–Crippen MR) is 77.3 cm³/mol. The number of benzene rings is 1. The third-order valence-electron chi connectivity index (χ3n) is 2.39. The Morgan fingerprint density at radius 2 is 2.10 bits per heavy atom. The summed E-state index contributed by atoms with van der Waals surface area (Å²) < 4.78 is 4.73. The van der Waals surface area contributed by atoms with Gasteiger partial charge in [0, 0.05) is 19.4 Å². The monoisotopic (exact) mass is 317 g/mol. The maximum Gasteiger partial charge on any atom is 0.302 e. The molecule has 5 nitrogen and oxygen atoms in total. The van der Waals surface area contributed by atoms with Crippen molar-refractivity contribution in [2.45, 2.75) is 19.8 Å². The molecule has 0 atom stereocenters. The average molecular weight is 318 g/mol. The molecule has 20 heavy (non-hydrogen) atoms. The van der Waals surface area contributed by atoms with Crippen molar-refractivity contribution in [1.29, 1.82) is 0 Å². The molecule has 7 heteroatoms. The third-order valence-corrected chi connectivity index (χ3v) is 3.13. The molecule has 0 radical (unpaired) electrons. The highest BCUT2D eigenvalue weighted by atomic mass is 35.5. The van der Waals surface area contributed by atoms with E-state index in [4.69, 9.17) is 27.9 Å². The minimum Gasteiger partial charge on any atom is -0.466 e. The van der Waals surface area contributed by atoms with Crippen molar-refractivity contribution in [2.24, 2.45) is 0 Å². The first-order valence-corrected chi connectivity index (χ1v) is 6.59. The lowest BCUT2D eigenvalue weighted by atomic mass is 10.1. The molecule has 0 spiro atoms. The minimum atomic E-state index is -0.462. The number of hydrogen-bond donors (Lipinski definition) is 0. The van der Waals surface area contributed by atoms with Crippen LogP contribution in [0.2, 0.25) is 10.0 Å². The molecule has 0 aliphatic heterocycles. The first kappa shape index (κ1) is 16.5. The Kier molecular flexibility index (Phi) is 6.48. The Hall–Kier alpha value is -1.59. The van der Waals surface area contributed by atoms with E-state index >= 15 is 0 Å². The number of esters is 1. The zero-order valence-electron chi connectivity index (χ0n) is 10.8. The summed E-state index contributed by atoms with van der Waals surface area (Å²) in [5.74, 6) is -0.402. The van der Waals surface area contributed by atoms with Crippen molar-refractivity contribution >= 4 is 35.2 Å². The number of carbonyl (C=O) groups excluding carboxylic acids is 1. The largest absolute Gasteiger partial charge is 0.466 e. The molecular weight excluding hydrogens is 305 g/mol. The summed E-state index contributed by atoms with van der Waals surface area (Å²) in [5.41, 5.74) is 0.620. The summed E-state index contributed by atoms with van der Waals surface area (Å²) in [6.07, 6.45) is 2.00. The molecular formula is C13H13Cl2NO4. The van der Waals surface area contributed by atoms with Crippen molar-refractivity contribution in [3.63, 3.8) is 0 Å². The van der Waals surface area contributed by atoms with E-state index < -0.39 is 10.9 Å². The van der Waals surface area contributed by atoms with E-state index in [1.807, 2.05) is 0 Å². The average Bonchev–Trinajstić information content (AvgIpc) is 2.36. The van der Waals surface area contributed by atoms with Crippen molar-refractivity contribution < 1.29 is 14.5 Å². The quantitative estimate of drug-likeness (QED) is 0.344. The summed E-state index contributed by atoms with van der Waals surface area (Å²) >= 11 is 11.6. The zero-order valence-corrected chi connectivity index (χ0v) is 12.3. The lowest BCUT2D eigenvalue weighted by Gasteiger charge is -2.02. The molecule has 0 bridgehead atoms. The van der Waals surface area contributed by atoms with Crippen LogP contribution >= 0.6 is 23.2 Å². The molecule has 0 N–H and O–H groups in total. The van der Waals surface area contributed by atoms with E-state index in [-0.39, 0.29) is 18.7 Å². The van der Waals surface area contributed by atoms with Gasteiger partial charge in [-0.15, -0.1) is 0 Å². The minimum absolute atomic E-state index is 0.0236. The number of allylic oxidation sites excluding steroid dienone is 1. The van der Waals surface area contributed by atoms with Gasteiger partial charge in [-0.25, -0.2) is 0 Å². The smallest absolute Gasteiger partial charge is 0.302 e. The lowest BCUT2D eigenvalue weighted by molar-refractivity contribution is -0.426. The second-order valence-electron chi connectivity index (χ2n) is 4.01. The van der Waals surface area contributed by atoms with E-state index in [9.17, 15) is 14.9 Å². The molecule has 0 aliphatic carbocycles. The summed E-state index contributed by atoms with van der Waals surface area (Å²) in [6, 6.07) is 4.77. The fourth-order valence-electron chi connectivity index (χ4n) is 1.48. The standard InChI is InChI=1S/C13H13Cl2NO4/c1-9(17)20-6-2-3-11(16(18)19)7-10-4-5-12(14)13(15)8-10/h4-5,7-8H,2-3,6H2,1H3/b11-7-. The van der Waals surface area contributed by atoms with Crippen LogP contribution in [0.4, 0.5) is 0 Å². The Labute approximate surface area is 126 Å². The Morgan fingerprint density at radius 3 is 2.65 bits per heavy atom. The van der Waals surface area contributed by atoms with Crippen LogP contribution in [-0.2, 0) is 9.53 Å². The number of halogens is 2. The van der Waals surface area contributed by atoms with Crippen molar-refractivity contribution in [2.75, 3.05) is 6.61 Å². The first-order chi connectivity index (χ1) is 9.40. The molecule has 0 saturated heterocycles. The number of ether oxygens (including phenoxy) is 1. The van der Waals surface area contributed by atoms with Gasteiger partial charge in [0.25, 0.3) is 0 Å². The van der Waals surface area contributed by atoms with E-state index in [0.29, 0.717) is 22.0 Å². The van der Waals surface area contributed by atoms with Crippen LogP contribution in [0.1, 0.15) is 25.3 Å². The first-order valence-electron chi connectivity index (χ1n) is 5.83. The fraction of sp³-hybridized carbons (Fsp3) is 0.308. The van der Waals surface area contributed by atoms with Crippen LogP contribution < -0.4 is 0 Å². The Balaban J connectivity index is 2.74. The van der Waals surface area contributed by atoms with Gasteiger partial charge in [-0.1, -0.05) is 29.3 Å². The van der Waals surface area contributed by atoms with Crippen LogP contribution in [0, 0.1) is 10.1 Å². The van der Waals surface area contributed by atoms with Crippen LogP contribution in [0.3, 0.4) is 0 Å². The van der Waals surface area contributed by atoms with Gasteiger partial charge in [-0.2, -0.15) is 0 Å². The van der Waals surface area contributed by atoms with Gasteiger partial charge < -0.3 is 4.74 Å². The van der Waals surface area contributed by atoms with E-state index in [0.717, 1.165) is 0 Å². The summed E-state index contributed by atoms with van der Waals surface area (Å²) in [6.45, 7) is 1.45. The summed E-state index contributed by atoms with van der Waals surface area (Å²) in [7, 11) is 0. The highest BCUT2D eigenvalue weighted by Gasteiger charge is 2.11. The molecule has 0 aromatic heterocycles. The number of nitro groups is 1. The van der Waals surface area contributed by atoms with E-state index in [2.05, 4.69) is 0 Å². The second kappa shape index (κ2) is 7.87. The van der Waals surface area contributed by atoms with Crippen LogP contribution in [0.5, 0.6) is 0 Å². The van der Waals surface area contributed by atoms with Crippen LogP contribution in [0.15, 0.2) is 23.9 Å². The number of hydrogen-bond acceptors (Lipinski definition) is 4. The van der Waals surface area contributed by atoms with Gasteiger partial charge in [-0.3, -0.25) is 14.9 Å². The molecule has 1 aromatic carbocycles. The topological polar surface area (TPSA) is 69.4 Å². The Bertz CT molecular complexity index is 543. The Morgan fingerprint density at radius 1 is 1.40 bits per heavy atom. The summed E-state index contributed by atoms with van der Waals surface area (Å²) in [5, 5.41) is 11.7. The van der Waals surface area contributed by atoms with Gasteiger partial charge in [-0.05, 0) is 24.1 Å². The molecule has 0 heterocycles. The van der Waals surface area contributed by atoms with Crippen molar-refractivity contribution in [3.8, 4) is 0 Å². The van der Waals surface area contributed by atoms with E-state index in [1.165, 1.54) is 13.0 Å². The number of rotatable bonds is 6. The molecule has 1 rings (SSSR count). The van der Waals surface area contributed by atoms with Crippen LogP contribution in [-0.4, -0.2) is 17.5 Å². The molecule has 0 unspecified atom stereocenters. The lowest BCUT2D eigenvalue weighted by Crippen LogP contribution is -2.04. The fourth-order valence-corrected chi connectivity index (χ4v) is 1.79. The molecule has 108 valence electrons. The SMILES string of the molecule is CC(=O)OCCC/C(=C/c1ccc(Cl)c(Cl)c1)[N+](=O)[O-]. The third kappa shape index (κ3) is 5.59. The highest BCUT2D eigenvalue weighted by Crippen LogP contribution is 2.24. The molecule has 0 aliphatic rings. The predicted octanol–water partition coefficient (Wildman–Crippen LogP) is 3.95. The molecule has 0 amide bonds. The maximum atomic E-state index is 11.0. The van der Waals surface area contributed by atoms with Gasteiger partial charge in [0.2, 0.25) is 5.70 Å². The van der Waals surface area contributed by atoms with Gasteiger partial charge in [0.05, 0.1) is 21.6 Å². The molecule has 1 aromatic rings. The normalized spacial score (nSPS) is 11.2. The van der Waals surface area contributed by atoms with E-state index in [1.54, 1.807) is 18.2 Å². The second-order valence-corrected chi connectivity index (χ2v) is 4.82. The highest BCUT2D eigenvalue weighted by molar-refractivity contribution is 6.42. The number of carbonyl (C=O) groups is 1. The van der Waals surface area contributed by atoms with Crippen LogP contribution in [0.25, 0.3) is 6.08 Å². The number of nitrogens with zero attached hydrogens (tertiary/aromatic N) is 1. The van der Waals surface area contributed by atoms with Crippen molar-refractivity contribution in [1.82, 2.24) is 0 Å². The van der Waals surface area contributed by atoms with Gasteiger partial charge in [0.15, 0.2) is 0 Å². The van der Waals surface area contributed by atoms with Gasteiger partial charge >= 0.3 is 5.97 Å². The summed E-state index contributed by atoms with van der Waals surface area (Å²) in [4.78, 5) is 21.1. The molecule has 0 fully saturated rings. The maximum absolute atomic E-state index is 11.0. The zero-order chi connectivity index (χ0) is 15.1. The van der Waals surface area contributed by atoms with Gasteiger partial charge in [0.1, 0.15) is 0 Å². The van der Waals surface area contributed by atoms with Crippen molar-refractivity contribution in [3.05, 3.63) is 49.6 Å².